The highest BCUT2D eigenvalue weighted by atomic mass is 32.1. The number of anilines is 1. The van der Waals surface area contributed by atoms with Crippen molar-refractivity contribution < 1.29 is 4.74 Å². The molecule has 2 rings (SSSR count). The molecule has 0 bridgehead atoms. The fourth-order valence-electron chi connectivity index (χ4n) is 1.47. The summed E-state index contributed by atoms with van der Waals surface area (Å²) in [5.74, 6) is 0. The molecular formula is C10H14N2OS. The predicted octanol–water partition coefficient (Wildman–Crippen LogP) is 1.58. The molecule has 0 saturated carbocycles. The second-order valence-corrected chi connectivity index (χ2v) is 3.57. The molecule has 1 aromatic carbocycles. The first-order valence-corrected chi connectivity index (χ1v) is 5.14. The van der Waals surface area contributed by atoms with Crippen LogP contribution in [0.15, 0.2) is 30.3 Å². The molecule has 0 aliphatic carbocycles. The van der Waals surface area contributed by atoms with Gasteiger partial charge in [-0.25, -0.2) is 5.01 Å². The normalized spacial score (nSPS) is 18.1. The number of para-hydroxylation sites is 1. The van der Waals surface area contributed by atoms with Gasteiger partial charge in [0.15, 0.2) is 0 Å². The SMILES string of the molecule is SN(c1ccccc1)N1CCOCC1. The highest BCUT2D eigenvalue weighted by Gasteiger charge is 2.15. The van der Waals surface area contributed by atoms with Crippen LogP contribution in [0.2, 0.25) is 0 Å². The van der Waals surface area contributed by atoms with Crippen molar-refractivity contribution in [3.8, 4) is 0 Å². The van der Waals surface area contributed by atoms with Crippen LogP contribution in [-0.4, -0.2) is 31.3 Å². The Morgan fingerprint density at radius 2 is 1.79 bits per heavy atom. The summed E-state index contributed by atoms with van der Waals surface area (Å²) < 4.78 is 7.17. The summed E-state index contributed by atoms with van der Waals surface area (Å²) in [6.45, 7) is 3.37. The molecule has 1 aliphatic rings. The van der Waals surface area contributed by atoms with E-state index >= 15 is 0 Å². The van der Waals surface area contributed by atoms with Gasteiger partial charge in [-0.2, -0.15) is 0 Å². The Morgan fingerprint density at radius 3 is 2.43 bits per heavy atom. The standard InChI is InChI=1S/C10H14N2OS/c14-12(10-4-2-1-3-5-10)11-6-8-13-9-7-11/h1-5,14H,6-9H2. The summed E-state index contributed by atoms with van der Waals surface area (Å²) >= 11 is 4.47. The minimum atomic E-state index is 0.782. The molecule has 1 fully saturated rings. The lowest BCUT2D eigenvalue weighted by atomic mass is 10.3. The summed E-state index contributed by atoms with van der Waals surface area (Å²) in [6.07, 6.45) is 0. The highest BCUT2D eigenvalue weighted by molar-refractivity contribution is 7.81. The van der Waals surface area contributed by atoms with Gasteiger partial charge >= 0.3 is 0 Å². The topological polar surface area (TPSA) is 15.7 Å². The van der Waals surface area contributed by atoms with Gasteiger partial charge in [0.1, 0.15) is 0 Å². The van der Waals surface area contributed by atoms with Crippen LogP contribution in [0.25, 0.3) is 0 Å². The summed E-state index contributed by atoms with van der Waals surface area (Å²) in [5.41, 5.74) is 1.10. The van der Waals surface area contributed by atoms with Crippen LogP contribution >= 0.6 is 12.8 Å². The number of ether oxygens (including phenoxy) is 1. The first-order valence-electron chi connectivity index (χ1n) is 4.74. The Labute approximate surface area is 89.8 Å². The quantitative estimate of drug-likeness (QED) is 0.746. The van der Waals surface area contributed by atoms with Gasteiger partial charge in [-0.15, -0.1) is 0 Å². The molecule has 14 heavy (non-hydrogen) atoms. The van der Waals surface area contributed by atoms with Crippen molar-refractivity contribution in [3.63, 3.8) is 0 Å². The number of morpholine rings is 1. The molecule has 0 N–H and O–H groups in total. The van der Waals surface area contributed by atoms with E-state index in [1.54, 1.807) is 0 Å². The largest absolute Gasteiger partial charge is 0.379 e. The van der Waals surface area contributed by atoms with Gasteiger partial charge in [0, 0.05) is 13.1 Å². The summed E-state index contributed by atoms with van der Waals surface area (Å²) in [5, 5.41) is 2.17. The van der Waals surface area contributed by atoms with E-state index < -0.39 is 0 Å². The first-order chi connectivity index (χ1) is 6.88. The molecule has 0 atom stereocenters. The maximum atomic E-state index is 5.28. The zero-order chi connectivity index (χ0) is 9.80. The minimum absolute atomic E-state index is 0.782. The van der Waals surface area contributed by atoms with E-state index in [1.807, 2.05) is 34.7 Å². The van der Waals surface area contributed by atoms with Gasteiger partial charge in [0.2, 0.25) is 0 Å². The number of nitrogens with zero attached hydrogens (tertiary/aromatic N) is 2. The Hall–Kier alpha value is -0.710. The Morgan fingerprint density at radius 1 is 1.14 bits per heavy atom. The maximum absolute atomic E-state index is 5.28. The van der Waals surface area contributed by atoms with E-state index in [0.717, 1.165) is 32.0 Å². The average molecular weight is 210 g/mol. The predicted molar refractivity (Wildman–Crippen MR) is 60.3 cm³/mol. The Balaban J connectivity index is 2.03. The average Bonchev–Trinajstić information content (AvgIpc) is 2.30. The summed E-state index contributed by atoms with van der Waals surface area (Å²) in [4.78, 5) is 0. The minimum Gasteiger partial charge on any atom is -0.379 e. The van der Waals surface area contributed by atoms with Crippen LogP contribution in [0.1, 0.15) is 0 Å². The third-order valence-corrected chi connectivity index (χ3v) is 2.73. The Kier molecular flexibility index (Phi) is 3.29. The molecule has 1 heterocycles. The summed E-state index contributed by atoms with van der Waals surface area (Å²) in [7, 11) is 0. The second-order valence-electron chi connectivity index (χ2n) is 3.19. The monoisotopic (exact) mass is 210 g/mol. The molecule has 0 amide bonds. The van der Waals surface area contributed by atoms with E-state index in [1.165, 1.54) is 0 Å². The van der Waals surface area contributed by atoms with Crippen LogP contribution in [-0.2, 0) is 4.74 Å². The number of hydrazine groups is 1. The van der Waals surface area contributed by atoms with Crippen LogP contribution in [0.5, 0.6) is 0 Å². The highest BCUT2D eigenvalue weighted by Crippen LogP contribution is 2.18. The van der Waals surface area contributed by atoms with E-state index in [2.05, 4.69) is 17.8 Å². The van der Waals surface area contributed by atoms with Crippen molar-refractivity contribution in [2.75, 3.05) is 30.7 Å². The van der Waals surface area contributed by atoms with E-state index in [-0.39, 0.29) is 0 Å². The number of hydrogen-bond acceptors (Lipinski definition) is 4. The van der Waals surface area contributed by atoms with Gasteiger partial charge in [0.05, 0.1) is 18.9 Å². The van der Waals surface area contributed by atoms with Crippen molar-refractivity contribution >= 4 is 18.5 Å². The molecule has 0 radical (unpaired) electrons. The zero-order valence-electron chi connectivity index (χ0n) is 7.97. The smallest absolute Gasteiger partial charge is 0.0647 e. The number of hydrogen-bond donors (Lipinski definition) is 1. The Bertz CT molecular complexity index is 275. The molecule has 0 unspecified atom stereocenters. The van der Waals surface area contributed by atoms with Crippen molar-refractivity contribution in [1.82, 2.24) is 5.01 Å². The fourth-order valence-corrected chi connectivity index (χ4v) is 1.78. The van der Waals surface area contributed by atoms with Crippen molar-refractivity contribution in [1.29, 1.82) is 0 Å². The van der Waals surface area contributed by atoms with Crippen LogP contribution in [0.4, 0.5) is 5.69 Å². The third-order valence-electron chi connectivity index (χ3n) is 2.24. The third kappa shape index (κ3) is 2.20. The van der Waals surface area contributed by atoms with Crippen molar-refractivity contribution in [3.05, 3.63) is 30.3 Å². The molecular weight excluding hydrogens is 196 g/mol. The second kappa shape index (κ2) is 4.68. The summed E-state index contributed by atoms with van der Waals surface area (Å²) in [6, 6.07) is 10.1. The molecule has 3 nitrogen and oxygen atoms in total. The zero-order valence-corrected chi connectivity index (χ0v) is 8.86. The number of rotatable bonds is 2. The number of benzene rings is 1. The number of thiol groups is 1. The molecule has 1 aromatic rings. The lowest BCUT2D eigenvalue weighted by Gasteiger charge is -2.34. The molecule has 0 aromatic heterocycles. The molecule has 1 aliphatic heterocycles. The van der Waals surface area contributed by atoms with Crippen LogP contribution < -0.4 is 4.41 Å². The molecule has 1 saturated heterocycles. The maximum Gasteiger partial charge on any atom is 0.0647 e. The van der Waals surface area contributed by atoms with E-state index in [4.69, 9.17) is 4.74 Å². The van der Waals surface area contributed by atoms with Gasteiger partial charge in [-0.3, -0.25) is 4.41 Å². The van der Waals surface area contributed by atoms with E-state index in [0.29, 0.717) is 0 Å². The fraction of sp³-hybridized carbons (Fsp3) is 0.400. The van der Waals surface area contributed by atoms with Crippen molar-refractivity contribution in [2.45, 2.75) is 0 Å². The first kappa shape index (κ1) is 9.83. The lowest BCUT2D eigenvalue weighted by Crippen LogP contribution is -2.44. The van der Waals surface area contributed by atoms with Gasteiger partial charge in [-0.1, -0.05) is 18.2 Å². The lowest BCUT2D eigenvalue weighted by molar-refractivity contribution is 0.0422. The van der Waals surface area contributed by atoms with Gasteiger partial charge in [-0.05, 0) is 24.9 Å². The molecule has 0 spiro atoms. The van der Waals surface area contributed by atoms with Crippen molar-refractivity contribution in [2.24, 2.45) is 0 Å². The molecule has 76 valence electrons. The van der Waals surface area contributed by atoms with E-state index in [9.17, 15) is 0 Å². The molecule has 4 heteroatoms. The van der Waals surface area contributed by atoms with Gasteiger partial charge in [0.25, 0.3) is 0 Å². The van der Waals surface area contributed by atoms with Crippen LogP contribution in [0, 0.1) is 0 Å². The van der Waals surface area contributed by atoms with Gasteiger partial charge < -0.3 is 4.74 Å². The van der Waals surface area contributed by atoms with Crippen LogP contribution in [0.3, 0.4) is 0 Å².